The van der Waals surface area contributed by atoms with Gasteiger partial charge in [-0.25, -0.2) is 0 Å². The average molecular weight is 305 g/mol. The fourth-order valence-electron chi connectivity index (χ4n) is 1.35. The molecule has 16 heavy (non-hydrogen) atoms. The van der Waals surface area contributed by atoms with E-state index >= 15 is 0 Å². The fourth-order valence-corrected chi connectivity index (χ4v) is 2.22. The molecule has 0 fully saturated rings. The summed E-state index contributed by atoms with van der Waals surface area (Å²) < 4.78 is 2.75. The van der Waals surface area contributed by atoms with Crippen molar-refractivity contribution in [1.29, 1.82) is 0 Å². The minimum absolute atomic E-state index is 0.0125. The molecule has 0 aliphatic heterocycles. The number of amides is 1. The van der Waals surface area contributed by atoms with Crippen LogP contribution in [0.4, 0.5) is 0 Å². The molecule has 0 aliphatic carbocycles. The van der Waals surface area contributed by atoms with Crippen LogP contribution in [0, 0.1) is 0 Å². The number of aryl methyl sites for hydroxylation is 1. The number of carbonyl (C=O) groups excluding carboxylic acids is 1. The van der Waals surface area contributed by atoms with Crippen LogP contribution in [-0.4, -0.2) is 28.5 Å². The molecule has 1 aromatic heterocycles. The Hall–Kier alpha value is -0.420. The maximum atomic E-state index is 11.8. The van der Waals surface area contributed by atoms with E-state index in [4.69, 9.17) is 0 Å². The van der Waals surface area contributed by atoms with Gasteiger partial charge in [0, 0.05) is 29.5 Å². The molecule has 0 saturated carbocycles. The summed E-state index contributed by atoms with van der Waals surface area (Å²) in [5.74, 6) is -0.0125. The zero-order valence-electron chi connectivity index (χ0n) is 9.79. The van der Waals surface area contributed by atoms with E-state index in [0.29, 0.717) is 10.9 Å². The van der Waals surface area contributed by atoms with Crippen molar-refractivity contribution in [1.82, 2.24) is 9.88 Å². The lowest BCUT2D eigenvalue weighted by atomic mass is 10.3. The fraction of sp³-hybridized carbons (Fsp3) is 0.545. The Kier molecular flexibility index (Phi) is 5.41. The Morgan fingerprint density at radius 1 is 1.69 bits per heavy atom. The Labute approximate surface area is 109 Å². The van der Waals surface area contributed by atoms with Crippen molar-refractivity contribution in [3.05, 3.63) is 22.4 Å². The second-order valence-corrected chi connectivity index (χ2v) is 5.94. The summed E-state index contributed by atoms with van der Waals surface area (Å²) in [5, 5.41) is 3.51. The summed E-state index contributed by atoms with van der Waals surface area (Å²) in [4.78, 5) is 11.8. The smallest absolute Gasteiger partial charge is 0.267 e. The molecule has 1 rings (SSSR count). The van der Waals surface area contributed by atoms with E-state index in [2.05, 4.69) is 34.4 Å². The highest BCUT2D eigenvalue weighted by atomic mass is 79.9. The summed E-state index contributed by atoms with van der Waals surface area (Å²) in [5.41, 5.74) is 0.684. The lowest BCUT2D eigenvalue weighted by molar-refractivity contribution is 0.0945. The summed E-state index contributed by atoms with van der Waals surface area (Å²) in [6.45, 7) is 2.89. The Morgan fingerprint density at radius 3 is 2.88 bits per heavy atom. The van der Waals surface area contributed by atoms with Gasteiger partial charge in [-0.2, -0.15) is 11.8 Å². The molecular weight excluding hydrogens is 288 g/mol. The molecule has 1 aromatic rings. The Morgan fingerprint density at radius 2 is 2.38 bits per heavy atom. The minimum Gasteiger partial charge on any atom is -0.351 e. The highest BCUT2D eigenvalue weighted by Crippen LogP contribution is 2.13. The van der Waals surface area contributed by atoms with Crippen LogP contribution in [0.1, 0.15) is 23.8 Å². The van der Waals surface area contributed by atoms with E-state index in [9.17, 15) is 4.79 Å². The number of hydrogen-bond donors (Lipinski definition) is 1. The van der Waals surface area contributed by atoms with Gasteiger partial charge in [0.15, 0.2) is 0 Å². The molecule has 3 nitrogen and oxygen atoms in total. The molecule has 0 aromatic carbocycles. The van der Waals surface area contributed by atoms with Gasteiger partial charge < -0.3 is 9.88 Å². The molecular formula is C11H17BrN2OS. The van der Waals surface area contributed by atoms with Crippen molar-refractivity contribution in [2.75, 3.05) is 12.8 Å². The lowest BCUT2D eigenvalue weighted by Crippen LogP contribution is -2.27. The molecule has 1 amide bonds. The molecule has 0 radical (unpaired) electrons. The van der Waals surface area contributed by atoms with Gasteiger partial charge in [0.2, 0.25) is 0 Å². The summed E-state index contributed by atoms with van der Waals surface area (Å²) >= 11 is 5.17. The SMILES string of the molecule is CSC(C)CCNC(=O)c1cc(Br)cn1C. The van der Waals surface area contributed by atoms with Crippen LogP contribution < -0.4 is 5.32 Å². The third-order valence-electron chi connectivity index (χ3n) is 2.44. The van der Waals surface area contributed by atoms with E-state index < -0.39 is 0 Å². The van der Waals surface area contributed by atoms with Gasteiger partial charge >= 0.3 is 0 Å². The van der Waals surface area contributed by atoms with Crippen molar-refractivity contribution in [3.63, 3.8) is 0 Å². The standard InChI is InChI=1S/C11H17BrN2OS/c1-8(16-3)4-5-13-11(15)10-6-9(12)7-14(10)2/h6-8H,4-5H2,1-3H3,(H,13,15). The first-order chi connectivity index (χ1) is 7.54. The highest BCUT2D eigenvalue weighted by Gasteiger charge is 2.10. The van der Waals surface area contributed by atoms with Crippen LogP contribution in [-0.2, 0) is 7.05 Å². The van der Waals surface area contributed by atoms with Crippen LogP contribution in [0.15, 0.2) is 16.7 Å². The predicted octanol–water partition coefficient (Wildman–Crippen LogP) is 2.66. The van der Waals surface area contributed by atoms with Crippen molar-refractivity contribution in [2.45, 2.75) is 18.6 Å². The van der Waals surface area contributed by atoms with Gasteiger partial charge in [0.05, 0.1) is 0 Å². The van der Waals surface area contributed by atoms with E-state index in [1.54, 1.807) is 0 Å². The summed E-state index contributed by atoms with van der Waals surface area (Å²) in [6, 6.07) is 1.83. The molecule has 0 bridgehead atoms. The number of hydrogen-bond acceptors (Lipinski definition) is 2. The number of nitrogens with zero attached hydrogens (tertiary/aromatic N) is 1. The van der Waals surface area contributed by atoms with E-state index in [1.165, 1.54) is 0 Å². The second-order valence-electron chi connectivity index (χ2n) is 3.75. The zero-order chi connectivity index (χ0) is 12.1. The van der Waals surface area contributed by atoms with Crippen molar-refractivity contribution >= 4 is 33.6 Å². The van der Waals surface area contributed by atoms with Crippen LogP contribution >= 0.6 is 27.7 Å². The molecule has 1 unspecified atom stereocenters. The number of nitrogens with one attached hydrogen (secondary N) is 1. The Bertz CT molecular complexity index is 365. The van der Waals surface area contributed by atoms with Gasteiger partial charge in [0.25, 0.3) is 5.91 Å². The predicted molar refractivity (Wildman–Crippen MR) is 73.0 cm³/mol. The number of carbonyl (C=O) groups is 1. The third kappa shape index (κ3) is 3.87. The van der Waals surface area contributed by atoms with Crippen molar-refractivity contribution < 1.29 is 4.79 Å². The van der Waals surface area contributed by atoms with Crippen LogP contribution in [0.2, 0.25) is 0 Å². The van der Waals surface area contributed by atoms with Gasteiger partial charge in [-0.15, -0.1) is 0 Å². The van der Waals surface area contributed by atoms with Crippen LogP contribution in [0.25, 0.3) is 0 Å². The van der Waals surface area contributed by atoms with Crippen molar-refractivity contribution in [3.8, 4) is 0 Å². The summed E-state index contributed by atoms with van der Waals surface area (Å²) in [7, 11) is 1.87. The number of halogens is 1. The van der Waals surface area contributed by atoms with E-state index in [-0.39, 0.29) is 5.91 Å². The first-order valence-electron chi connectivity index (χ1n) is 5.17. The van der Waals surface area contributed by atoms with Crippen LogP contribution in [0.5, 0.6) is 0 Å². The molecule has 0 spiro atoms. The first kappa shape index (κ1) is 13.6. The number of rotatable bonds is 5. The minimum atomic E-state index is -0.0125. The largest absolute Gasteiger partial charge is 0.351 e. The van der Waals surface area contributed by atoms with Gasteiger partial charge in [-0.05, 0) is 34.7 Å². The van der Waals surface area contributed by atoms with Crippen LogP contribution in [0.3, 0.4) is 0 Å². The molecule has 0 saturated heterocycles. The second kappa shape index (κ2) is 6.35. The average Bonchev–Trinajstić information content (AvgIpc) is 2.57. The normalized spacial score (nSPS) is 12.5. The maximum absolute atomic E-state index is 11.8. The maximum Gasteiger partial charge on any atom is 0.267 e. The molecule has 0 aliphatic rings. The third-order valence-corrected chi connectivity index (χ3v) is 3.92. The number of aromatic nitrogens is 1. The monoisotopic (exact) mass is 304 g/mol. The van der Waals surface area contributed by atoms with Gasteiger partial charge in [-0.1, -0.05) is 6.92 Å². The molecule has 90 valence electrons. The number of thioether (sulfide) groups is 1. The van der Waals surface area contributed by atoms with Gasteiger partial charge in [0.1, 0.15) is 5.69 Å². The molecule has 1 heterocycles. The van der Waals surface area contributed by atoms with E-state index in [0.717, 1.165) is 17.4 Å². The topological polar surface area (TPSA) is 34.0 Å². The first-order valence-corrected chi connectivity index (χ1v) is 7.25. The molecule has 5 heteroatoms. The van der Waals surface area contributed by atoms with E-state index in [1.807, 2.05) is 35.6 Å². The van der Waals surface area contributed by atoms with Crippen molar-refractivity contribution in [2.24, 2.45) is 7.05 Å². The quantitative estimate of drug-likeness (QED) is 0.907. The molecule has 1 N–H and O–H groups in total. The summed E-state index contributed by atoms with van der Waals surface area (Å²) in [6.07, 6.45) is 4.96. The van der Waals surface area contributed by atoms with Gasteiger partial charge in [-0.3, -0.25) is 4.79 Å². The molecule has 1 atom stereocenters. The lowest BCUT2D eigenvalue weighted by Gasteiger charge is -2.09. The zero-order valence-corrected chi connectivity index (χ0v) is 12.2. The Balaban J connectivity index is 2.44. The highest BCUT2D eigenvalue weighted by molar-refractivity contribution is 9.10.